The Morgan fingerprint density at radius 3 is 2.10 bits per heavy atom. The fourth-order valence-electron chi connectivity index (χ4n) is 3.78. The summed E-state index contributed by atoms with van der Waals surface area (Å²) in [7, 11) is 0. The highest BCUT2D eigenvalue weighted by molar-refractivity contribution is 5.68. The lowest BCUT2D eigenvalue weighted by atomic mass is 9.71. The van der Waals surface area contributed by atoms with Gasteiger partial charge in [0, 0.05) is 0 Å². The minimum Gasteiger partial charge on any atom is -0.482 e. The van der Waals surface area contributed by atoms with E-state index in [0.29, 0.717) is 16.6 Å². The Morgan fingerprint density at radius 1 is 1.19 bits per heavy atom. The van der Waals surface area contributed by atoms with Crippen LogP contribution in [0.3, 0.4) is 0 Å². The van der Waals surface area contributed by atoms with Gasteiger partial charge in [0.2, 0.25) is 0 Å². The van der Waals surface area contributed by atoms with Crippen molar-refractivity contribution in [2.45, 2.75) is 46.5 Å². The maximum absolute atomic E-state index is 10.0. The van der Waals surface area contributed by atoms with Gasteiger partial charge in [-0.05, 0) is 54.6 Å². The second kappa shape index (κ2) is 6.08. The quantitative estimate of drug-likeness (QED) is 0.899. The fraction of sp³-hybridized carbons (Fsp3) is 0.611. The van der Waals surface area contributed by atoms with Gasteiger partial charge in [-0.3, -0.25) is 0 Å². The third-order valence-corrected chi connectivity index (χ3v) is 5.77. The van der Waals surface area contributed by atoms with E-state index in [4.69, 9.17) is 9.84 Å². The Hall–Kier alpha value is -1.51. The molecular weight excluding hydrogens is 264 g/mol. The molecule has 2 aliphatic carbocycles. The molecule has 2 aliphatic rings. The Labute approximate surface area is 127 Å². The lowest BCUT2D eigenvalue weighted by molar-refractivity contribution is -0.139. The number of carboxylic acid groups (broad SMARTS) is 1. The monoisotopic (exact) mass is 290 g/mol. The van der Waals surface area contributed by atoms with Crippen molar-refractivity contribution in [3.05, 3.63) is 30.3 Å². The van der Waals surface area contributed by atoms with Crippen LogP contribution in [0.2, 0.25) is 0 Å². The van der Waals surface area contributed by atoms with Crippen LogP contribution in [0.25, 0.3) is 0 Å². The second-order valence-corrected chi connectivity index (χ2v) is 7.05. The number of aliphatic carboxylic acids is 1. The molecule has 0 heterocycles. The first-order valence-electron chi connectivity index (χ1n) is 7.75. The number of para-hydroxylation sites is 1. The summed E-state index contributed by atoms with van der Waals surface area (Å²) in [6.45, 7) is 7.14. The molecule has 2 saturated carbocycles. The van der Waals surface area contributed by atoms with E-state index in [1.807, 2.05) is 6.07 Å². The molecule has 2 fully saturated rings. The Balaban J connectivity index is 0.000000154. The van der Waals surface area contributed by atoms with Gasteiger partial charge >= 0.3 is 5.97 Å². The highest BCUT2D eigenvalue weighted by Gasteiger charge is 2.55. The van der Waals surface area contributed by atoms with Crippen molar-refractivity contribution < 1.29 is 14.6 Å². The average molecular weight is 290 g/mol. The summed E-state index contributed by atoms with van der Waals surface area (Å²) in [4.78, 5) is 10.0. The van der Waals surface area contributed by atoms with E-state index < -0.39 is 5.97 Å². The minimum absolute atomic E-state index is 0.288. The molecular formula is C18H26O3. The highest BCUT2D eigenvalue weighted by Crippen LogP contribution is 2.65. The normalized spacial score (nSPS) is 28.6. The van der Waals surface area contributed by atoms with Crippen molar-refractivity contribution in [2.24, 2.45) is 16.7 Å². The lowest BCUT2D eigenvalue weighted by Crippen LogP contribution is -2.26. The average Bonchev–Trinajstić information content (AvgIpc) is 2.82. The van der Waals surface area contributed by atoms with Crippen molar-refractivity contribution in [3.8, 4) is 5.75 Å². The predicted molar refractivity (Wildman–Crippen MR) is 83.4 cm³/mol. The van der Waals surface area contributed by atoms with Crippen LogP contribution in [0.5, 0.6) is 5.75 Å². The standard InChI is InChI=1S/C10H18.C8H8O3/c1-9(2)8-4-6-10(9,3)7-5-8;9-8(10)6-11-7-4-2-1-3-5-7/h8H,4-7H2,1-3H3;1-5H,6H2,(H,9,10). The van der Waals surface area contributed by atoms with E-state index in [1.54, 1.807) is 24.3 Å². The largest absolute Gasteiger partial charge is 0.482 e. The predicted octanol–water partition coefficient (Wildman–Crippen LogP) is 4.37. The maximum atomic E-state index is 10.0. The number of carbonyl (C=O) groups is 1. The molecule has 0 amide bonds. The molecule has 116 valence electrons. The zero-order valence-electron chi connectivity index (χ0n) is 13.3. The van der Waals surface area contributed by atoms with Crippen LogP contribution in [0.1, 0.15) is 46.5 Å². The molecule has 2 bridgehead atoms. The van der Waals surface area contributed by atoms with Gasteiger partial charge in [0.1, 0.15) is 5.75 Å². The number of benzene rings is 1. The lowest BCUT2D eigenvalue weighted by Gasteiger charge is -2.34. The number of ether oxygens (including phenoxy) is 1. The summed E-state index contributed by atoms with van der Waals surface area (Å²) in [5.41, 5.74) is 1.37. The molecule has 3 rings (SSSR count). The number of carboxylic acids is 1. The zero-order valence-corrected chi connectivity index (χ0v) is 13.3. The topological polar surface area (TPSA) is 46.5 Å². The molecule has 0 radical (unpaired) electrons. The van der Waals surface area contributed by atoms with Crippen molar-refractivity contribution in [3.63, 3.8) is 0 Å². The van der Waals surface area contributed by atoms with Crippen molar-refractivity contribution in [2.75, 3.05) is 6.61 Å². The number of rotatable bonds is 3. The van der Waals surface area contributed by atoms with Gasteiger partial charge in [-0.15, -0.1) is 0 Å². The zero-order chi connectivity index (χ0) is 15.5. The van der Waals surface area contributed by atoms with Gasteiger partial charge < -0.3 is 9.84 Å². The van der Waals surface area contributed by atoms with Crippen LogP contribution in [0.15, 0.2) is 30.3 Å². The van der Waals surface area contributed by atoms with E-state index in [-0.39, 0.29) is 6.61 Å². The van der Waals surface area contributed by atoms with Gasteiger partial charge in [-0.2, -0.15) is 0 Å². The first-order valence-corrected chi connectivity index (χ1v) is 7.75. The van der Waals surface area contributed by atoms with Crippen molar-refractivity contribution in [1.29, 1.82) is 0 Å². The van der Waals surface area contributed by atoms with Crippen LogP contribution in [-0.4, -0.2) is 17.7 Å². The van der Waals surface area contributed by atoms with Gasteiger partial charge in [0.25, 0.3) is 0 Å². The summed E-state index contributed by atoms with van der Waals surface area (Å²) in [6, 6.07) is 8.84. The molecule has 0 atom stereocenters. The van der Waals surface area contributed by atoms with Crippen LogP contribution in [-0.2, 0) is 4.79 Å². The maximum Gasteiger partial charge on any atom is 0.341 e. The SMILES string of the molecule is CC12CCC(CC1)C2(C)C.O=C(O)COc1ccccc1. The molecule has 0 unspecified atom stereocenters. The summed E-state index contributed by atoms with van der Waals surface area (Å²) in [5.74, 6) is 0.668. The molecule has 21 heavy (non-hydrogen) atoms. The second-order valence-electron chi connectivity index (χ2n) is 7.05. The Morgan fingerprint density at radius 2 is 1.76 bits per heavy atom. The number of hydrogen-bond donors (Lipinski definition) is 1. The van der Waals surface area contributed by atoms with E-state index in [2.05, 4.69) is 20.8 Å². The van der Waals surface area contributed by atoms with E-state index in [0.717, 1.165) is 5.92 Å². The molecule has 1 aromatic rings. The summed E-state index contributed by atoms with van der Waals surface area (Å²) >= 11 is 0. The third-order valence-electron chi connectivity index (χ3n) is 5.77. The molecule has 0 aliphatic heterocycles. The molecule has 0 spiro atoms. The Kier molecular flexibility index (Phi) is 4.60. The molecule has 0 aromatic heterocycles. The van der Waals surface area contributed by atoms with Gasteiger partial charge in [0.15, 0.2) is 6.61 Å². The van der Waals surface area contributed by atoms with Gasteiger partial charge in [-0.25, -0.2) is 4.79 Å². The molecule has 1 N–H and O–H groups in total. The van der Waals surface area contributed by atoms with Crippen LogP contribution >= 0.6 is 0 Å². The van der Waals surface area contributed by atoms with Crippen LogP contribution in [0, 0.1) is 16.7 Å². The molecule has 3 nitrogen and oxygen atoms in total. The van der Waals surface area contributed by atoms with E-state index in [9.17, 15) is 4.79 Å². The summed E-state index contributed by atoms with van der Waals surface area (Å²) < 4.78 is 4.87. The van der Waals surface area contributed by atoms with E-state index >= 15 is 0 Å². The highest BCUT2D eigenvalue weighted by atomic mass is 16.5. The van der Waals surface area contributed by atoms with Gasteiger partial charge in [0.05, 0.1) is 0 Å². The summed E-state index contributed by atoms with van der Waals surface area (Å²) in [6.07, 6.45) is 5.99. The smallest absolute Gasteiger partial charge is 0.341 e. The van der Waals surface area contributed by atoms with Crippen molar-refractivity contribution >= 4 is 5.97 Å². The van der Waals surface area contributed by atoms with Gasteiger partial charge in [-0.1, -0.05) is 39.0 Å². The third kappa shape index (κ3) is 3.39. The first-order chi connectivity index (χ1) is 9.85. The van der Waals surface area contributed by atoms with Crippen LogP contribution in [0.4, 0.5) is 0 Å². The fourth-order valence-corrected chi connectivity index (χ4v) is 3.78. The minimum atomic E-state index is -0.964. The molecule has 0 saturated heterocycles. The Bertz CT molecular complexity index is 468. The molecule has 3 heteroatoms. The number of hydrogen-bond acceptors (Lipinski definition) is 2. The molecule has 1 aromatic carbocycles. The summed E-state index contributed by atoms with van der Waals surface area (Å²) in [5, 5.41) is 8.25. The van der Waals surface area contributed by atoms with E-state index in [1.165, 1.54) is 25.7 Å². The number of fused-ring (bicyclic) bond motifs is 2. The van der Waals surface area contributed by atoms with Crippen LogP contribution < -0.4 is 4.74 Å². The first kappa shape index (κ1) is 15.9. The van der Waals surface area contributed by atoms with Crippen molar-refractivity contribution in [1.82, 2.24) is 0 Å².